The molecule has 0 aliphatic carbocycles. The summed E-state index contributed by atoms with van der Waals surface area (Å²) < 4.78 is 5.12. The summed E-state index contributed by atoms with van der Waals surface area (Å²) in [4.78, 5) is 11.7. The number of Topliss-reactive ketones (excluding diaryl/α,β-unsaturated/α-hetero) is 1. The van der Waals surface area contributed by atoms with Crippen LogP contribution in [0.5, 0.6) is 5.75 Å². The van der Waals surface area contributed by atoms with Gasteiger partial charge < -0.3 is 9.84 Å². The van der Waals surface area contributed by atoms with Crippen LogP contribution in [0.1, 0.15) is 19.4 Å². The van der Waals surface area contributed by atoms with Gasteiger partial charge in [0.2, 0.25) is 0 Å². The molecule has 0 saturated carbocycles. The van der Waals surface area contributed by atoms with E-state index >= 15 is 0 Å². The molecule has 0 unspecified atom stereocenters. The minimum absolute atomic E-state index is 0.104. The van der Waals surface area contributed by atoms with E-state index in [1.165, 1.54) is 21.0 Å². The zero-order valence-electron chi connectivity index (χ0n) is 9.58. The first-order valence-corrected chi connectivity index (χ1v) is 5.30. The van der Waals surface area contributed by atoms with Crippen LogP contribution in [0.3, 0.4) is 0 Å². The van der Waals surface area contributed by atoms with E-state index in [1.54, 1.807) is 18.2 Å². The predicted octanol–water partition coefficient (Wildman–Crippen LogP) is 2.23. The molecule has 0 radical (unpaired) electrons. The molecule has 0 heterocycles. The monoisotopic (exact) mass is 242 g/mol. The number of hydrogen-bond donors (Lipinski definition) is 1. The normalized spacial score (nSPS) is 11.3. The highest BCUT2D eigenvalue weighted by Crippen LogP contribution is 2.24. The third-order valence-corrected chi connectivity index (χ3v) is 2.51. The molecule has 0 aromatic heterocycles. The quantitative estimate of drug-likeness (QED) is 0.881. The predicted molar refractivity (Wildman–Crippen MR) is 63.0 cm³/mol. The fourth-order valence-corrected chi connectivity index (χ4v) is 1.47. The summed E-state index contributed by atoms with van der Waals surface area (Å²) in [6, 6.07) is 5.07. The van der Waals surface area contributed by atoms with Gasteiger partial charge in [-0.3, -0.25) is 4.79 Å². The van der Waals surface area contributed by atoms with E-state index in [9.17, 15) is 9.90 Å². The lowest BCUT2D eigenvalue weighted by molar-refractivity contribution is -0.133. The van der Waals surface area contributed by atoms with Crippen molar-refractivity contribution in [1.29, 1.82) is 0 Å². The lowest BCUT2D eigenvalue weighted by atomic mass is 9.97. The molecule has 0 saturated heterocycles. The van der Waals surface area contributed by atoms with Gasteiger partial charge in [0.25, 0.3) is 0 Å². The van der Waals surface area contributed by atoms with Crippen LogP contribution in [0.15, 0.2) is 18.2 Å². The number of ether oxygens (including phenoxy) is 1. The molecule has 0 fully saturated rings. The van der Waals surface area contributed by atoms with Crippen LogP contribution in [-0.4, -0.2) is 23.6 Å². The minimum atomic E-state index is -1.34. The molecule has 16 heavy (non-hydrogen) atoms. The molecule has 1 aromatic rings. The number of carbonyl (C=O) groups excluding carboxylic acids is 1. The second-order valence-corrected chi connectivity index (χ2v) is 4.55. The average molecular weight is 243 g/mol. The highest BCUT2D eigenvalue weighted by Gasteiger charge is 2.24. The van der Waals surface area contributed by atoms with Crippen molar-refractivity contribution in [3.05, 3.63) is 28.8 Å². The summed E-state index contributed by atoms with van der Waals surface area (Å²) in [5.74, 6) is 0.329. The molecule has 88 valence electrons. The molecule has 1 N–H and O–H groups in total. The van der Waals surface area contributed by atoms with Gasteiger partial charge in [-0.25, -0.2) is 0 Å². The van der Waals surface area contributed by atoms with Crippen LogP contribution < -0.4 is 4.74 Å². The Kier molecular flexibility index (Phi) is 3.94. The van der Waals surface area contributed by atoms with Crippen molar-refractivity contribution < 1.29 is 14.6 Å². The maximum absolute atomic E-state index is 11.7. The summed E-state index contributed by atoms with van der Waals surface area (Å²) in [5, 5.41) is 10.1. The van der Waals surface area contributed by atoms with Crippen LogP contribution in [0.4, 0.5) is 0 Å². The Hall–Kier alpha value is -1.06. The fraction of sp³-hybridized carbons (Fsp3) is 0.417. The number of halogens is 1. The summed E-state index contributed by atoms with van der Waals surface area (Å²) >= 11 is 5.84. The highest BCUT2D eigenvalue weighted by atomic mass is 35.5. The molecular weight excluding hydrogens is 228 g/mol. The van der Waals surface area contributed by atoms with E-state index in [0.29, 0.717) is 16.3 Å². The topological polar surface area (TPSA) is 46.5 Å². The van der Waals surface area contributed by atoms with Gasteiger partial charge in [0.1, 0.15) is 11.4 Å². The molecule has 1 rings (SSSR count). The van der Waals surface area contributed by atoms with Crippen molar-refractivity contribution >= 4 is 17.4 Å². The second-order valence-electron chi connectivity index (χ2n) is 4.12. The van der Waals surface area contributed by atoms with E-state index in [1.807, 2.05) is 0 Å². The Morgan fingerprint density at radius 3 is 2.62 bits per heavy atom. The molecule has 0 aliphatic rings. The smallest absolute Gasteiger partial charge is 0.168 e. The fourth-order valence-electron chi connectivity index (χ4n) is 1.27. The largest absolute Gasteiger partial charge is 0.496 e. The minimum Gasteiger partial charge on any atom is -0.496 e. The van der Waals surface area contributed by atoms with Gasteiger partial charge in [0.15, 0.2) is 5.78 Å². The first kappa shape index (κ1) is 13.0. The zero-order chi connectivity index (χ0) is 12.3. The first-order chi connectivity index (χ1) is 7.34. The number of ketones is 1. The van der Waals surface area contributed by atoms with Gasteiger partial charge in [-0.15, -0.1) is 0 Å². The number of aliphatic hydroxyl groups is 1. The van der Waals surface area contributed by atoms with Gasteiger partial charge in [-0.2, -0.15) is 0 Å². The lowest BCUT2D eigenvalue weighted by Gasteiger charge is -2.16. The van der Waals surface area contributed by atoms with E-state index in [4.69, 9.17) is 16.3 Å². The van der Waals surface area contributed by atoms with Crippen molar-refractivity contribution in [2.75, 3.05) is 7.11 Å². The van der Waals surface area contributed by atoms with Crippen molar-refractivity contribution in [2.45, 2.75) is 25.9 Å². The first-order valence-electron chi connectivity index (χ1n) is 4.92. The molecule has 1 aromatic carbocycles. The Balaban J connectivity index is 2.96. The maximum Gasteiger partial charge on any atom is 0.168 e. The number of methoxy groups -OCH3 is 1. The zero-order valence-corrected chi connectivity index (χ0v) is 10.3. The lowest BCUT2D eigenvalue weighted by Crippen LogP contribution is -2.32. The van der Waals surface area contributed by atoms with Crippen LogP contribution in [-0.2, 0) is 11.2 Å². The van der Waals surface area contributed by atoms with Crippen molar-refractivity contribution in [2.24, 2.45) is 0 Å². The summed E-state index contributed by atoms with van der Waals surface area (Å²) in [6.07, 6.45) is 0.104. The van der Waals surface area contributed by atoms with Gasteiger partial charge in [0, 0.05) is 17.0 Å². The molecule has 0 aliphatic heterocycles. The summed E-state index contributed by atoms with van der Waals surface area (Å²) in [5.41, 5.74) is -0.657. The van der Waals surface area contributed by atoms with E-state index in [-0.39, 0.29) is 12.2 Å². The van der Waals surface area contributed by atoms with E-state index in [0.717, 1.165) is 0 Å². The Morgan fingerprint density at radius 1 is 1.50 bits per heavy atom. The Morgan fingerprint density at radius 2 is 2.12 bits per heavy atom. The standard InChI is InChI=1S/C12H15ClO3/c1-12(2,15)11(14)7-8-6-9(13)4-5-10(8)16-3/h4-6,15H,7H2,1-3H3. The molecule has 0 bridgehead atoms. The van der Waals surface area contributed by atoms with Crippen LogP contribution in [0, 0.1) is 0 Å². The number of hydrogen-bond acceptors (Lipinski definition) is 3. The molecule has 4 heteroatoms. The van der Waals surface area contributed by atoms with Crippen LogP contribution in [0.25, 0.3) is 0 Å². The maximum atomic E-state index is 11.7. The van der Waals surface area contributed by atoms with Gasteiger partial charge in [-0.1, -0.05) is 11.6 Å². The van der Waals surface area contributed by atoms with Crippen LogP contribution in [0.2, 0.25) is 5.02 Å². The summed E-state index contributed by atoms with van der Waals surface area (Å²) in [7, 11) is 1.53. The van der Waals surface area contributed by atoms with Crippen molar-refractivity contribution in [3.63, 3.8) is 0 Å². The number of rotatable bonds is 4. The molecule has 3 nitrogen and oxygen atoms in total. The molecule has 0 spiro atoms. The average Bonchev–Trinajstić information content (AvgIpc) is 2.16. The number of benzene rings is 1. The third kappa shape index (κ3) is 3.22. The Labute approximate surface area is 100.0 Å². The number of carbonyl (C=O) groups is 1. The van der Waals surface area contributed by atoms with E-state index < -0.39 is 5.60 Å². The van der Waals surface area contributed by atoms with E-state index in [2.05, 4.69) is 0 Å². The van der Waals surface area contributed by atoms with Crippen molar-refractivity contribution in [3.8, 4) is 5.75 Å². The van der Waals surface area contributed by atoms with Gasteiger partial charge >= 0.3 is 0 Å². The molecular formula is C12H15ClO3. The van der Waals surface area contributed by atoms with Crippen LogP contribution >= 0.6 is 11.6 Å². The van der Waals surface area contributed by atoms with Gasteiger partial charge in [-0.05, 0) is 32.0 Å². The van der Waals surface area contributed by atoms with Crippen molar-refractivity contribution in [1.82, 2.24) is 0 Å². The second kappa shape index (κ2) is 4.85. The molecule has 0 atom stereocenters. The highest BCUT2D eigenvalue weighted by molar-refractivity contribution is 6.30. The summed E-state index contributed by atoms with van der Waals surface area (Å²) in [6.45, 7) is 2.93. The Bertz CT molecular complexity index is 394. The van der Waals surface area contributed by atoms with Gasteiger partial charge in [0.05, 0.1) is 7.11 Å². The SMILES string of the molecule is COc1ccc(Cl)cc1CC(=O)C(C)(C)O. The molecule has 0 amide bonds. The third-order valence-electron chi connectivity index (χ3n) is 2.28.